The molecule has 18 heavy (non-hydrogen) atoms. The van der Waals surface area contributed by atoms with E-state index >= 15 is 0 Å². The molecule has 0 bridgehead atoms. The van der Waals surface area contributed by atoms with Crippen LogP contribution < -0.4 is 11.1 Å². The van der Waals surface area contributed by atoms with Gasteiger partial charge in [0.15, 0.2) is 5.58 Å². The lowest BCUT2D eigenvalue weighted by Crippen LogP contribution is -2.06. The van der Waals surface area contributed by atoms with Crippen molar-refractivity contribution in [3.05, 3.63) is 28.5 Å². The minimum absolute atomic E-state index is 0.321. The van der Waals surface area contributed by atoms with Crippen molar-refractivity contribution in [3.63, 3.8) is 0 Å². The number of H-pyrrole nitrogens is 1. The molecule has 0 fully saturated rings. The lowest BCUT2D eigenvalue weighted by atomic mass is 10.2. The van der Waals surface area contributed by atoms with Crippen molar-refractivity contribution in [3.8, 4) is 0 Å². The van der Waals surface area contributed by atoms with E-state index in [2.05, 4.69) is 10.3 Å². The Bertz CT molecular complexity index is 576. The third-order valence-corrected chi connectivity index (χ3v) is 2.49. The van der Waals surface area contributed by atoms with Crippen molar-refractivity contribution < 1.29 is 13.5 Å². The van der Waals surface area contributed by atoms with Crippen LogP contribution in [0.1, 0.15) is 13.3 Å². The summed E-state index contributed by atoms with van der Waals surface area (Å²) in [4.78, 5) is 13.4. The highest BCUT2D eigenvalue weighted by molar-refractivity contribution is 5.77. The first-order chi connectivity index (χ1) is 8.70. The van der Waals surface area contributed by atoms with E-state index in [1.807, 2.05) is 6.92 Å². The number of hydrogen-bond acceptors (Lipinski definition) is 4. The van der Waals surface area contributed by atoms with E-state index in [-0.39, 0.29) is 0 Å². The first-order valence-electron chi connectivity index (χ1n) is 5.84. The summed E-state index contributed by atoms with van der Waals surface area (Å²) in [7, 11) is 0. The molecule has 0 unspecified atom stereocenters. The van der Waals surface area contributed by atoms with Gasteiger partial charge in [-0.2, -0.15) is 0 Å². The molecule has 0 atom stereocenters. The van der Waals surface area contributed by atoms with Gasteiger partial charge in [0.05, 0.1) is 11.2 Å². The number of fused-ring (bicyclic) bond motifs is 1. The van der Waals surface area contributed by atoms with E-state index in [9.17, 15) is 9.18 Å². The average Bonchev–Trinajstić information content (AvgIpc) is 2.68. The smallest absolute Gasteiger partial charge is 0.408 e. The van der Waals surface area contributed by atoms with Gasteiger partial charge < -0.3 is 14.5 Å². The van der Waals surface area contributed by atoms with Gasteiger partial charge in [-0.15, -0.1) is 0 Å². The molecule has 1 aromatic heterocycles. The lowest BCUT2D eigenvalue weighted by molar-refractivity contribution is 0.147. The van der Waals surface area contributed by atoms with Crippen LogP contribution >= 0.6 is 0 Å². The highest BCUT2D eigenvalue weighted by atomic mass is 19.1. The van der Waals surface area contributed by atoms with Gasteiger partial charge in [0.2, 0.25) is 0 Å². The summed E-state index contributed by atoms with van der Waals surface area (Å²) in [6.07, 6.45) is 0.780. The largest absolute Gasteiger partial charge is 0.417 e. The number of anilines is 1. The van der Waals surface area contributed by atoms with Crippen molar-refractivity contribution in [2.75, 3.05) is 25.1 Å². The first-order valence-corrected chi connectivity index (χ1v) is 5.84. The minimum atomic E-state index is -0.585. The summed E-state index contributed by atoms with van der Waals surface area (Å²) in [5, 5.41) is 2.94. The molecule has 2 aromatic rings. The van der Waals surface area contributed by atoms with Crippen molar-refractivity contribution in [2.45, 2.75) is 13.3 Å². The number of rotatable bonds is 6. The summed E-state index contributed by atoms with van der Waals surface area (Å²) in [6.45, 7) is 3.83. The highest BCUT2D eigenvalue weighted by Crippen LogP contribution is 2.20. The van der Waals surface area contributed by atoms with E-state index in [1.54, 1.807) is 0 Å². The number of benzene rings is 1. The molecule has 98 valence electrons. The molecule has 6 heteroatoms. The van der Waals surface area contributed by atoms with E-state index in [1.165, 1.54) is 12.1 Å². The van der Waals surface area contributed by atoms with Gasteiger partial charge in [-0.05, 0) is 13.3 Å². The van der Waals surface area contributed by atoms with Crippen molar-refractivity contribution in [1.82, 2.24) is 4.98 Å². The highest BCUT2D eigenvalue weighted by Gasteiger charge is 2.08. The molecule has 2 rings (SSSR count). The Balaban J connectivity index is 2.03. The molecule has 1 aromatic carbocycles. The van der Waals surface area contributed by atoms with E-state index < -0.39 is 11.6 Å². The Kier molecular flexibility index (Phi) is 3.99. The number of hydrogen-bond donors (Lipinski definition) is 2. The fraction of sp³-hybridized carbons (Fsp3) is 0.417. The number of oxazole rings is 1. The Morgan fingerprint density at radius 1 is 1.50 bits per heavy atom. The molecule has 0 saturated heterocycles. The maximum atomic E-state index is 13.6. The Hall–Kier alpha value is -1.82. The third-order valence-electron chi connectivity index (χ3n) is 2.49. The second-order valence-corrected chi connectivity index (χ2v) is 3.82. The van der Waals surface area contributed by atoms with Gasteiger partial charge in [-0.3, -0.25) is 4.98 Å². The normalized spacial score (nSPS) is 11.0. The number of aromatic nitrogens is 1. The standard InChI is InChI=1S/C12H15FN2O3/c1-2-17-5-3-4-14-9-7-11-10(6-8(9)13)15-12(16)18-11/h6-7,14H,2-5H2,1H3,(H,15,16). The van der Waals surface area contributed by atoms with Gasteiger partial charge in [0.25, 0.3) is 0 Å². The second-order valence-electron chi connectivity index (χ2n) is 3.82. The number of nitrogens with one attached hydrogen (secondary N) is 2. The zero-order valence-corrected chi connectivity index (χ0v) is 10.1. The zero-order valence-electron chi connectivity index (χ0n) is 10.1. The Labute approximate surface area is 103 Å². The molecule has 5 nitrogen and oxygen atoms in total. The Morgan fingerprint density at radius 3 is 3.11 bits per heavy atom. The maximum absolute atomic E-state index is 13.6. The molecular formula is C12H15FN2O3. The summed E-state index contributed by atoms with van der Waals surface area (Å²) in [6, 6.07) is 2.72. The summed E-state index contributed by atoms with van der Waals surface area (Å²) in [5.74, 6) is -1.01. The molecule has 0 spiro atoms. The zero-order chi connectivity index (χ0) is 13.0. The topological polar surface area (TPSA) is 67.3 Å². The van der Waals surface area contributed by atoms with Gasteiger partial charge in [-0.1, -0.05) is 0 Å². The molecule has 1 heterocycles. The van der Waals surface area contributed by atoms with E-state index in [4.69, 9.17) is 9.15 Å². The van der Waals surface area contributed by atoms with Crippen LogP contribution in [0, 0.1) is 5.82 Å². The molecule has 2 N–H and O–H groups in total. The number of aromatic amines is 1. The second kappa shape index (κ2) is 5.68. The SMILES string of the molecule is CCOCCCNc1cc2oc(=O)[nH]c2cc1F. The minimum Gasteiger partial charge on any atom is -0.408 e. The third kappa shape index (κ3) is 2.89. The van der Waals surface area contributed by atoms with Crippen LogP contribution in [0.5, 0.6) is 0 Å². The van der Waals surface area contributed by atoms with Gasteiger partial charge in [0, 0.05) is 31.9 Å². The van der Waals surface area contributed by atoms with Crippen LogP contribution in [0.2, 0.25) is 0 Å². The summed E-state index contributed by atoms with van der Waals surface area (Å²) >= 11 is 0. The fourth-order valence-electron chi connectivity index (χ4n) is 1.65. The van der Waals surface area contributed by atoms with Crippen molar-refractivity contribution in [1.29, 1.82) is 0 Å². The number of ether oxygens (including phenoxy) is 1. The van der Waals surface area contributed by atoms with Gasteiger partial charge in [0.1, 0.15) is 5.82 Å². The van der Waals surface area contributed by atoms with Gasteiger partial charge in [-0.25, -0.2) is 9.18 Å². The summed E-state index contributed by atoms with van der Waals surface area (Å²) in [5.41, 5.74) is 1.02. The van der Waals surface area contributed by atoms with Crippen LogP contribution in [0.3, 0.4) is 0 Å². The molecule has 0 amide bonds. The van der Waals surface area contributed by atoms with Crippen LogP contribution in [0.4, 0.5) is 10.1 Å². The lowest BCUT2D eigenvalue weighted by Gasteiger charge is -2.07. The van der Waals surface area contributed by atoms with Crippen LogP contribution in [-0.2, 0) is 4.74 Å². The Morgan fingerprint density at radius 2 is 2.33 bits per heavy atom. The maximum Gasteiger partial charge on any atom is 0.417 e. The molecule has 0 aliphatic heterocycles. The average molecular weight is 254 g/mol. The molecule has 0 aliphatic rings. The molecular weight excluding hydrogens is 239 g/mol. The predicted octanol–water partition coefficient (Wildman–Crippen LogP) is 2.10. The molecule has 0 saturated carbocycles. The number of halogens is 1. The molecule has 0 aliphatic carbocycles. The van der Waals surface area contributed by atoms with E-state index in [0.717, 1.165) is 6.42 Å². The van der Waals surface area contributed by atoms with Crippen LogP contribution in [0.25, 0.3) is 11.1 Å². The quantitative estimate of drug-likeness (QED) is 0.775. The van der Waals surface area contributed by atoms with Crippen molar-refractivity contribution in [2.24, 2.45) is 0 Å². The molecule has 0 radical (unpaired) electrons. The fourth-order valence-corrected chi connectivity index (χ4v) is 1.65. The monoisotopic (exact) mass is 254 g/mol. The van der Waals surface area contributed by atoms with E-state index in [0.29, 0.717) is 36.5 Å². The first kappa shape index (κ1) is 12.6. The van der Waals surface area contributed by atoms with Gasteiger partial charge >= 0.3 is 5.76 Å². The predicted molar refractivity (Wildman–Crippen MR) is 66.4 cm³/mol. The van der Waals surface area contributed by atoms with Crippen LogP contribution in [-0.4, -0.2) is 24.7 Å². The van der Waals surface area contributed by atoms with Crippen molar-refractivity contribution >= 4 is 16.8 Å². The summed E-state index contributed by atoms with van der Waals surface area (Å²) < 4.78 is 23.7. The van der Waals surface area contributed by atoms with Crippen LogP contribution in [0.15, 0.2) is 21.3 Å².